The van der Waals surface area contributed by atoms with Crippen LogP contribution in [0.3, 0.4) is 0 Å². The van der Waals surface area contributed by atoms with Crippen LogP contribution in [-0.4, -0.2) is 5.91 Å². The number of halogens is 1. The van der Waals surface area contributed by atoms with E-state index in [1.54, 1.807) is 24.3 Å². The quantitative estimate of drug-likeness (QED) is 0.591. The van der Waals surface area contributed by atoms with E-state index in [2.05, 4.69) is 10.7 Å². The largest absolute Gasteiger partial charge is 0.348 e. The zero-order valence-corrected chi connectivity index (χ0v) is 11.1. The minimum Gasteiger partial charge on any atom is -0.348 e. The number of nitrogen functional groups attached to an aromatic ring is 1. The van der Waals surface area contributed by atoms with Gasteiger partial charge in [-0.2, -0.15) is 0 Å². The van der Waals surface area contributed by atoms with Crippen LogP contribution in [-0.2, 0) is 6.54 Å². The Kier molecular flexibility index (Phi) is 4.32. The van der Waals surface area contributed by atoms with Gasteiger partial charge in [0, 0.05) is 6.54 Å². The summed E-state index contributed by atoms with van der Waals surface area (Å²) in [6.45, 7) is 2.25. The lowest BCUT2D eigenvalue weighted by Gasteiger charge is -2.10. The van der Waals surface area contributed by atoms with Gasteiger partial charge in [-0.1, -0.05) is 18.2 Å². The molecule has 5 heteroatoms. The van der Waals surface area contributed by atoms with Crippen molar-refractivity contribution in [2.75, 3.05) is 5.43 Å². The van der Waals surface area contributed by atoms with Crippen molar-refractivity contribution < 1.29 is 9.18 Å². The summed E-state index contributed by atoms with van der Waals surface area (Å²) < 4.78 is 12.8. The zero-order valence-electron chi connectivity index (χ0n) is 11.1. The molecule has 2 rings (SSSR count). The van der Waals surface area contributed by atoms with Gasteiger partial charge in [0.2, 0.25) is 0 Å². The van der Waals surface area contributed by atoms with E-state index < -0.39 is 0 Å². The molecule has 0 spiro atoms. The van der Waals surface area contributed by atoms with Crippen LogP contribution in [0.25, 0.3) is 0 Å². The predicted octanol–water partition coefficient (Wildman–Crippen LogP) is 2.35. The fourth-order valence-electron chi connectivity index (χ4n) is 1.86. The third kappa shape index (κ3) is 3.33. The number of hydrazine groups is 1. The Morgan fingerprint density at radius 3 is 2.55 bits per heavy atom. The third-order valence-corrected chi connectivity index (χ3v) is 2.94. The van der Waals surface area contributed by atoms with Gasteiger partial charge in [-0.05, 0) is 42.3 Å². The van der Waals surface area contributed by atoms with Crippen molar-refractivity contribution in [3.63, 3.8) is 0 Å². The molecule has 0 radical (unpaired) electrons. The topological polar surface area (TPSA) is 67.2 Å². The van der Waals surface area contributed by atoms with Crippen molar-refractivity contribution in [2.45, 2.75) is 13.5 Å². The molecule has 0 heterocycles. The lowest BCUT2D eigenvalue weighted by atomic mass is 10.1. The fourth-order valence-corrected chi connectivity index (χ4v) is 1.86. The second kappa shape index (κ2) is 6.16. The number of carbonyl (C=O) groups excluding carboxylic acids is 1. The van der Waals surface area contributed by atoms with E-state index in [-0.39, 0.29) is 11.7 Å². The minimum absolute atomic E-state index is 0.234. The molecule has 2 aromatic rings. The second-order valence-electron chi connectivity index (χ2n) is 4.50. The molecule has 0 bridgehead atoms. The molecule has 0 saturated heterocycles. The summed E-state index contributed by atoms with van der Waals surface area (Å²) in [6.07, 6.45) is 0. The summed E-state index contributed by atoms with van der Waals surface area (Å²) in [5.41, 5.74) is 5.39. The van der Waals surface area contributed by atoms with Gasteiger partial charge in [0.1, 0.15) is 5.82 Å². The molecule has 104 valence electrons. The minimum atomic E-state index is -0.298. The van der Waals surface area contributed by atoms with Gasteiger partial charge < -0.3 is 10.7 Å². The Bertz CT molecular complexity index is 611. The van der Waals surface area contributed by atoms with Crippen molar-refractivity contribution in [1.82, 2.24) is 5.32 Å². The summed E-state index contributed by atoms with van der Waals surface area (Å²) in [5, 5.41) is 2.77. The van der Waals surface area contributed by atoms with E-state index in [0.717, 1.165) is 11.1 Å². The first-order valence-corrected chi connectivity index (χ1v) is 6.20. The van der Waals surface area contributed by atoms with Crippen LogP contribution in [0.1, 0.15) is 21.5 Å². The van der Waals surface area contributed by atoms with Gasteiger partial charge in [0.15, 0.2) is 0 Å². The molecular formula is C15H16FN3O. The fraction of sp³-hybridized carbons (Fsp3) is 0.133. The van der Waals surface area contributed by atoms with Crippen molar-refractivity contribution in [2.24, 2.45) is 5.84 Å². The van der Waals surface area contributed by atoms with Crippen LogP contribution in [0.2, 0.25) is 0 Å². The molecular weight excluding hydrogens is 257 g/mol. The number of aryl methyl sites for hydroxylation is 1. The van der Waals surface area contributed by atoms with E-state index in [9.17, 15) is 9.18 Å². The molecule has 0 aliphatic carbocycles. The highest BCUT2D eigenvalue weighted by molar-refractivity contribution is 5.99. The summed E-state index contributed by atoms with van der Waals surface area (Å²) in [7, 11) is 0. The number of hydrogen-bond acceptors (Lipinski definition) is 3. The molecule has 0 aliphatic heterocycles. The van der Waals surface area contributed by atoms with Crippen molar-refractivity contribution in [3.05, 3.63) is 65.0 Å². The summed E-state index contributed by atoms with van der Waals surface area (Å²) in [4.78, 5) is 12.1. The van der Waals surface area contributed by atoms with Crippen molar-refractivity contribution in [3.8, 4) is 0 Å². The molecule has 0 aliphatic rings. The molecule has 0 atom stereocenters. The van der Waals surface area contributed by atoms with Gasteiger partial charge in [-0.15, -0.1) is 0 Å². The number of rotatable bonds is 4. The summed E-state index contributed by atoms with van der Waals surface area (Å²) >= 11 is 0. The average molecular weight is 273 g/mol. The first-order valence-electron chi connectivity index (χ1n) is 6.20. The number of benzene rings is 2. The number of amides is 1. The van der Waals surface area contributed by atoms with Crippen molar-refractivity contribution in [1.29, 1.82) is 0 Å². The third-order valence-electron chi connectivity index (χ3n) is 2.94. The van der Waals surface area contributed by atoms with Gasteiger partial charge in [0.05, 0.1) is 11.3 Å². The Morgan fingerprint density at radius 1 is 1.20 bits per heavy atom. The SMILES string of the molecule is Cc1ccc(C(=O)NCc2ccc(F)cc2)c(NN)c1. The Morgan fingerprint density at radius 2 is 1.90 bits per heavy atom. The molecule has 1 amide bonds. The van der Waals surface area contributed by atoms with Crippen LogP contribution in [0, 0.1) is 12.7 Å². The molecule has 20 heavy (non-hydrogen) atoms. The van der Waals surface area contributed by atoms with Gasteiger partial charge >= 0.3 is 0 Å². The summed E-state index contributed by atoms with van der Waals surface area (Å²) in [5.74, 6) is 4.88. The second-order valence-corrected chi connectivity index (χ2v) is 4.50. The summed E-state index contributed by atoms with van der Waals surface area (Å²) in [6, 6.07) is 11.3. The Hall–Kier alpha value is -2.40. The molecule has 4 N–H and O–H groups in total. The monoisotopic (exact) mass is 273 g/mol. The number of nitrogens with one attached hydrogen (secondary N) is 2. The number of anilines is 1. The molecule has 4 nitrogen and oxygen atoms in total. The Balaban J connectivity index is 2.07. The normalized spacial score (nSPS) is 10.2. The number of carbonyl (C=O) groups is 1. The number of hydrogen-bond donors (Lipinski definition) is 3. The van der Waals surface area contributed by atoms with Gasteiger partial charge in [0.25, 0.3) is 5.91 Å². The van der Waals surface area contributed by atoms with E-state index in [0.29, 0.717) is 17.8 Å². The van der Waals surface area contributed by atoms with Gasteiger partial charge in [-0.3, -0.25) is 10.6 Å². The molecule has 2 aromatic carbocycles. The van der Waals surface area contributed by atoms with Crippen LogP contribution in [0.4, 0.5) is 10.1 Å². The highest BCUT2D eigenvalue weighted by Crippen LogP contribution is 2.16. The lowest BCUT2D eigenvalue weighted by molar-refractivity contribution is 0.0951. The smallest absolute Gasteiger partial charge is 0.253 e. The maximum absolute atomic E-state index is 12.8. The van der Waals surface area contributed by atoms with Crippen LogP contribution >= 0.6 is 0 Å². The molecule has 0 aromatic heterocycles. The molecule has 0 unspecified atom stereocenters. The highest BCUT2D eigenvalue weighted by Gasteiger charge is 2.10. The van der Waals surface area contributed by atoms with E-state index in [4.69, 9.17) is 5.84 Å². The van der Waals surface area contributed by atoms with E-state index in [1.807, 2.05) is 13.0 Å². The first kappa shape index (κ1) is 14.0. The molecule has 0 fully saturated rings. The van der Waals surface area contributed by atoms with E-state index >= 15 is 0 Å². The maximum atomic E-state index is 12.8. The lowest BCUT2D eigenvalue weighted by Crippen LogP contribution is -2.24. The van der Waals surface area contributed by atoms with Crippen LogP contribution in [0.15, 0.2) is 42.5 Å². The Labute approximate surface area is 116 Å². The average Bonchev–Trinajstić information content (AvgIpc) is 2.46. The highest BCUT2D eigenvalue weighted by atomic mass is 19.1. The predicted molar refractivity (Wildman–Crippen MR) is 76.6 cm³/mol. The van der Waals surface area contributed by atoms with Gasteiger partial charge in [-0.25, -0.2) is 4.39 Å². The van der Waals surface area contributed by atoms with E-state index in [1.165, 1.54) is 12.1 Å². The van der Waals surface area contributed by atoms with Crippen molar-refractivity contribution >= 4 is 11.6 Å². The van der Waals surface area contributed by atoms with Crippen LogP contribution < -0.4 is 16.6 Å². The number of nitrogens with two attached hydrogens (primary N) is 1. The first-order chi connectivity index (χ1) is 9.60. The standard InChI is InChI=1S/C15H16FN3O/c1-10-2-7-13(14(8-10)19-17)15(20)18-9-11-3-5-12(16)6-4-11/h2-8,19H,9,17H2,1H3,(H,18,20). The molecule has 0 saturated carbocycles. The maximum Gasteiger partial charge on any atom is 0.253 e. The van der Waals surface area contributed by atoms with Crippen LogP contribution in [0.5, 0.6) is 0 Å². The zero-order chi connectivity index (χ0) is 14.5.